The average Bonchev–Trinajstić information content (AvgIpc) is 3.00. The van der Waals surface area contributed by atoms with Crippen LogP contribution in [0, 0.1) is 6.92 Å². The highest BCUT2D eigenvalue weighted by Crippen LogP contribution is 2.33. The Bertz CT molecular complexity index is 1070. The number of thiazole rings is 1. The summed E-state index contributed by atoms with van der Waals surface area (Å²) >= 11 is 1.54. The van der Waals surface area contributed by atoms with Crippen LogP contribution in [0.25, 0.3) is 21.0 Å². The van der Waals surface area contributed by atoms with Crippen LogP contribution in [0.2, 0.25) is 0 Å². The van der Waals surface area contributed by atoms with E-state index in [2.05, 4.69) is 39.6 Å². The molecule has 4 rings (SSSR count). The zero-order valence-electron chi connectivity index (χ0n) is 13.2. The van der Waals surface area contributed by atoms with Crippen LogP contribution in [0.1, 0.15) is 5.56 Å². The molecule has 24 heavy (non-hydrogen) atoms. The second-order valence-electron chi connectivity index (χ2n) is 5.57. The molecule has 3 N–H and O–H groups in total. The van der Waals surface area contributed by atoms with Gasteiger partial charge in [-0.2, -0.15) is 4.99 Å². The van der Waals surface area contributed by atoms with Crippen molar-refractivity contribution in [3.63, 3.8) is 0 Å². The summed E-state index contributed by atoms with van der Waals surface area (Å²) in [5, 5.41) is 6.10. The predicted molar refractivity (Wildman–Crippen MR) is 103 cm³/mol. The minimum absolute atomic E-state index is 0.340. The third kappa shape index (κ3) is 2.70. The van der Waals surface area contributed by atoms with Crippen molar-refractivity contribution in [3.8, 4) is 0 Å². The minimum Gasteiger partial charge on any atom is -0.369 e. The molecule has 0 bridgehead atoms. The molecular formula is C19H16N4S. The van der Waals surface area contributed by atoms with Crippen molar-refractivity contribution in [2.45, 2.75) is 6.92 Å². The van der Waals surface area contributed by atoms with Crippen molar-refractivity contribution >= 4 is 49.1 Å². The fraction of sp³-hybridized carbons (Fsp3) is 0.0526. The van der Waals surface area contributed by atoms with E-state index in [0.717, 1.165) is 26.9 Å². The summed E-state index contributed by atoms with van der Waals surface area (Å²) in [6.07, 6.45) is 0. The van der Waals surface area contributed by atoms with Gasteiger partial charge in [-0.05, 0) is 30.0 Å². The lowest BCUT2D eigenvalue weighted by atomic mass is 10.1. The van der Waals surface area contributed by atoms with Gasteiger partial charge in [0.25, 0.3) is 0 Å². The van der Waals surface area contributed by atoms with Crippen molar-refractivity contribution in [1.82, 2.24) is 4.98 Å². The zero-order chi connectivity index (χ0) is 16.5. The number of hydrogen-bond donors (Lipinski definition) is 2. The molecule has 0 aliphatic carbocycles. The van der Waals surface area contributed by atoms with Crippen molar-refractivity contribution in [2.75, 3.05) is 5.32 Å². The summed E-state index contributed by atoms with van der Waals surface area (Å²) in [6.45, 7) is 2.03. The largest absolute Gasteiger partial charge is 0.369 e. The van der Waals surface area contributed by atoms with Crippen LogP contribution in [-0.4, -0.2) is 10.9 Å². The molecule has 0 aliphatic heterocycles. The average molecular weight is 332 g/mol. The van der Waals surface area contributed by atoms with E-state index >= 15 is 0 Å². The molecule has 0 saturated carbocycles. The Morgan fingerprint density at radius 1 is 1.04 bits per heavy atom. The number of nitrogens with zero attached hydrogens (tertiary/aromatic N) is 2. The lowest BCUT2D eigenvalue weighted by molar-refractivity contribution is 1.37. The van der Waals surface area contributed by atoms with E-state index in [1.54, 1.807) is 0 Å². The highest BCUT2D eigenvalue weighted by molar-refractivity contribution is 7.22. The van der Waals surface area contributed by atoms with E-state index in [9.17, 15) is 0 Å². The molecule has 0 saturated heterocycles. The number of fused-ring (bicyclic) bond motifs is 3. The summed E-state index contributed by atoms with van der Waals surface area (Å²) in [4.78, 5) is 9.09. The highest BCUT2D eigenvalue weighted by Gasteiger charge is 2.07. The van der Waals surface area contributed by atoms with Crippen molar-refractivity contribution < 1.29 is 0 Å². The van der Waals surface area contributed by atoms with Gasteiger partial charge < -0.3 is 11.1 Å². The lowest BCUT2D eigenvalue weighted by Crippen LogP contribution is -2.22. The second kappa shape index (κ2) is 5.94. The molecule has 1 heterocycles. The molecule has 0 fully saturated rings. The van der Waals surface area contributed by atoms with Crippen LogP contribution in [0.4, 0.5) is 10.8 Å². The molecule has 0 spiro atoms. The fourth-order valence-corrected chi connectivity index (χ4v) is 3.55. The Morgan fingerprint density at radius 2 is 1.83 bits per heavy atom. The van der Waals surface area contributed by atoms with Crippen LogP contribution in [0.15, 0.2) is 65.7 Å². The van der Waals surface area contributed by atoms with Gasteiger partial charge in [0.05, 0.1) is 10.2 Å². The summed E-state index contributed by atoms with van der Waals surface area (Å²) < 4.78 is 1.11. The second-order valence-corrected chi connectivity index (χ2v) is 6.58. The molecule has 0 amide bonds. The molecular weight excluding hydrogens is 316 g/mol. The van der Waals surface area contributed by atoms with Gasteiger partial charge >= 0.3 is 0 Å². The van der Waals surface area contributed by atoms with E-state index in [1.807, 2.05) is 43.3 Å². The van der Waals surface area contributed by atoms with Crippen molar-refractivity contribution in [1.29, 1.82) is 0 Å². The maximum Gasteiger partial charge on any atom is 0.213 e. The molecule has 0 unspecified atom stereocenters. The Morgan fingerprint density at radius 3 is 2.71 bits per heavy atom. The standard InChI is InChI=1S/C19H16N4S/c1-12-6-2-5-9-15(12)21-18(20)23-19-22-17-14-8-4-3-7-13(14)10-11-16(17)24-19/h2-11H,1H3,(H3,20,21,22,23). The van der Waals surface area contributed by atoms with Gasteiger partial charge in [0.15, 0.2) is 0 Å². The normalized spacial score (nSPS) is 12.0. The first-order valence-electron chi connectivity index (χ1n) is 7.66. The van der Waals surface area contributed by atoms with E-state index in [-0.39, 0.29) is 0 Å². The molecule has 4 aromatic rings. The van der Waals surface area contributed by atoms with Crippen LogP contribution in [0.3, 0.4) is 0 Å². The number of aliphatic imine (C=N–C) groups is 1. The first-order chi connectivity index (χ1) is 11.7. The number of aromatic nitrogens is 1. The molecule has 118 valence electrons. The van der Waals surface area contributed by atoms with E-state index in [0.29, 0.717) is 11.1 Å². The number of benzene rings is 3. The number of nitrogens with one attached hydrogen (secondary N) is 1. The number of hydrogen-bond acceptors (Lipinski definition) is 3. The Hall–Kier alpha value is -2.92. The van der Waals surface area contributed by atoms with Gasteiger partial charge in [0.1, 0.15) is 0 Å². The first kappa shape index (κ1) is 14.7. The SMILES string of the molecule is Cc1ccccc1N/C(N)=N/c1nc2c(ccc3ccccc32)s1. The third-order valence-electron chi connectivity index (χ3n) is 3.90. The molecule has 4 nitrogen and oxygen atoms in total. The Kier molecular flexibility index (Phi) is 3.63. The number of anilines is 1. The molecule has 0 radical (unpaired) electrons. The zero-order valence-corrected chi connectivity index (χ0v) is 14.0. The van der Waals surface area contributed by atoms with Gasteiger partial charge in [-0.15, -0.1) is 0 Å². The first-order valence-corrected chi connectivity index (χ1v) is 8.47. The van der Waals surface area contributed by atoms with E-state index in [4.69, 9.17) is 5.73 Å². The van der Waals surface area contributed by atoms with Gasteiger partial charge in [0, 0.05) is 11.1 Å². The molecule has 5 heteroatoms. The summed E-state index contributed by atoms with van der Waals surface area (Å²) in [5.74, 6) is 0.340. The minimum atomic E-state index is 0.340. The highest BCUT2D eigenvalue weighted by atomic mass is 32.1. The van der Waals surface area contributed by atoms with Crippen LogP contribution >= 0.6 is 11.3 Å². The van der Waals surface area contributed by atoms with E-state index in [1.165, 1.54) is 16.7 Å². The van der Waals surface area contributed by atoms with Gasteiger partial charge in [-0.3, -0.25) is 0 Å². The molecule has 0 aliphatic rings. The summed E-state index contributed by atoms with van der Waals surface area (Å²) in [7, 11) is 0. The summed E-state index contributed by atoms with van der Waals surface area (Å²) in [5.41, 5.74) is 9.09. The Balaban J connectivity index is 1.71. The summed E-state index contributed by atoms with van der Waals surface area (Å²) in [6, 6.07) is 20.4. The third-order valence-corrected chi connectivity index (χ3v) is 4.81. The molecule has 3 aromatic carbocycles. The van der Waals surface area contributed by atoms with Crippen LogP contribution < -0.4 is 11.1 Å². The van der Waals surface area contributed by atoms with Crippen LogP contribution in [0.5, 0.6) is 0 Å². The predicted octanol–water partition coefficient (Wildman–Crippen LogP) is 4.82. The molecule has 1 aromatic heterocycles. The maximum absolute atomic E-state index is 6.05. The smallest absolute Gasteiger partial charge is 0.213 e. The van der Waals surface area contributed by atoms with Crippen molar-refractivity contribution in [3.05, 3.63) is 66.2 Å². The number of guanidine groups is 1. The number of rotatable bonds is 2. The van der Waals surface area contributed by atoms with Gasteiger partial charge in [-0.1, -0.05) is 59.9 Å². The fourth-order valence-electron chi connectivity index (χ4n) is 2.68. The quantitative estimate of drug-likeness (QED) is 0.409. The van der Waals surface area contributed by atoms with E-state index < -0.39 is 0 Å². The topological polar surface area (TPSA) is 63.3 Å². The Labute approximate surface area is 143 Å². The number of nitrogens with two attached hydrogens (primary N) is 1. The van der Waals surface area contributed by atoms with Gasteiger partial charge in [-0.25, -0.2) is 4.98 Å². The van der Waals surface area contributed by atoms with Crippen molar-refractivity contribution in [2.24, 2.45) is 10.7 Å². The van der Waals surface area contributed by atoms with Gasteiger partial charge in [0.2, 0.25) is 11.1 Å². The number of aryl methyl sites for hydroxylation is 1. The maximum atomic E-state index is 6.05. The number of para-hydroxylation sites is 1. The van der Waals surface area contributed by atoms with Crippen LogP contribution in [-0.2, 0) is 0 Å². The monoisotopic (exact) mass is 332 g/mol. The molecule has 0 atom stereocenters. The lowest BCUT2D eigenvalue weighted by Gasteiger charge is -2.07.